The summed E-state index contributed by atoms with van der Waals surface area (Å²) in [6, 6.07) is -0.493. The van der Waals surface area contributed by atoms with Gasteiger partial charge in [0.15, 0.2) is 5.82 Å². The SMILES string of the molecule is C#CCN(N)C(=O)NCc1nn[nH]n1. The van der Waals surface area contributed by atoms with Crippen molar-refractivity contribution in [2.75, 3.05) is 6.54 Å². The van der Waals surface area contributed by atoms with Crippen molar-refractivity contribution >= 4 is 6.03 Å². The monoisotopic (exact) mass is 195 g/mol. The van der Waals surface area contributed by atoms with Gasteiger partial charge in [-0.05, 0) is 0 Å². The van der Waals surface area contributed by atoms with Crippen molar-refractivity contribution in [2.45, 2.75) is 6.54 Å². The van der Waals surface area contributed by atoms with Crippen LogP contribution in [0.15, 0.2) is 0 Å². The molecular weight excluding hydrogens is 186 g/mol. The number of tetrazole rings is 1. The molecule has 0 saturated carbocycles. The summed E-state index contributed by atoms with van der Waals surface area (Å²) in [6.07, 6.45) is 4.97. The Hall–Kier alpha value is -2.14. The fourth-order valence-corrected chi connectivity index (χ4v) is 0.684. The second kappa shape index (κ2) is 4.78. The zero-order chi connectivity index (χ0) is 10.4. The average Bonchev–Trinajstić information content (AvgIpc) is 2.67. The Morgan fingerprint density at radius 2 is 2.57 bits per heavy atom. The first kappa shape index (κ1) is 9.94. The minimum Gasteiger partial charge on any atom is -0.329 e. The molecule has 0 atom stereocenters. The highest BCUT2D eigenvalue weighted by Gasteiger charge is 2.07. The highest BCUT2D eigenvalue weighted by atomic mass is 16.2. The van der Waals surface area contributed by atoms with Gasteiger partial charge in [0.25, 0.3) is 0 Å². The molecular formula is C6H9N7O. The second-order valence-corrected chi connectivity index (χ2v) is 2.32. The van der Waals surface area contributed by atoms with Crippen molar-refractivity contribution < 1.29 is 4.79 Å². The molecule has 74 valence electrons. The van der Waals surface area contributed by atoms with Crippen LogP contribution in [-0.4, -0.2) is 38.2 Å². The molecule has 8 heteroatoms. The molecule has 8 nitrogen and oxygen atoms in total. The van der Waals surface area contributed by atoms with Crippen LogP contribution in [0.5, 0.6) is 0 Å². The Morgan fingerprint density at radius 1 is 1.79 bits per heavy atom. The predicted molar refractivity (Wildman–Crippen MR) is 46.1 cm³/mol. The average molecular weight is 195 g/mol. The van der Waals surface area contributed by atoms with Gasteiger partial charge in [-0.1, -0.05) is 11.1 Å². The number of carbonyl (C=O) groups excluding carboxylic acids is 1. The molecule has 0 unspecified atom stereocenters. The zero-order valence-corrected chi connectivity index (χ0v) is 7.27. The molecule has 2 amide bonds. The zero-order valence-electron chi connectivity index (χ0n) is 7.27. The fourth-order valence-electron chi connectivity index (χ4n) is 0.684. The van der Waals surface area contributed by atoms with Gasteiger partial charge in [0, 0.05) is 0 Å². The molecule has 1 aromatic rings. The molecule has 14 heavy (non-hydrogen) atoms. The van der Waals surface area contributed by atoms with Crippen LogP contribution >= 0.6 is 0 Å². The number of aromatic nitrogens is 4. The molecule has 1 rings (SSSR count). The van der Waals surface area contributed by atoms with Crippen LogP contribution in [0.4, 0.5) is 4.79 Å². The van der Waals surface area contributed by atoms with Gasteiger partial charge in [0.1, 0.15) is 0 Å². The van der Waals surface area contributed by atoms with Crippen molar-refractivity contribution in [1.82, 2.24) is 30.9 Å². The molecule has 0 radical (unpaired) electrons. The first-order chi connectivity index (χ1) is 6.74. The Kier molecular flexibility index (Phi) is 3.40. The van der Waals surface area contributed by atoms with Crippen LogP contribution in [0.25, 0.3) is 0 Å². The summed E-state index contributed by atoms with van der Waals surface area (Å²) in [4.78, 5) is 11.1. The Balaban J connectivity index is 2.32. The standard InChI is InChI=1S/C6H9N7O/c1-2-3-13(7)6(14)8-4-5-9-11-12-10-5/h1H,3-4,7H2,(H,8,14)(H,9,10,11,12). The van der Waals surface area contributed by atoms with Crippen LogP contribution < -0.4 is 11.2 Å². The smallest absolute Gasteiger partial charge is 0.329 e. The van der Waals surface area contributed by atoms with E-state index in [2.05, 4.69) is 31.9 Å². The summed E-state index contributed by atoms with van der Waals surface area (Å²) in [6.45, 7) is 0.186. The number of nitrogens with two attached hydrogens (primary N) is 1. The minimum absolute atomic E-state index is 0.0398. The molecule has 4 N–H and O–H groups in total. The van der Waals surface area contributed by atoms with E-state index in [4.69, 9.17) is 12.3 Å². The fraction of sp³-hybridized carbons (Fsp3) is 0.333. The number of H-pyrrole nitrogens is 1. The van der Waals surface area contributed by atoms with Gasteiger partial charge in [0.05, 0.1) is 13.1 Å². The number of amides is 2. The quantitative estimate of drug-likeness (QED) is 0.228. The molecule has 0 aromatic carbocycles. The highest BCUT2D eigenvalue weighted by molar-refractivity contribution is 5.73. The third-order valence-electron chi connectivity index (χ3n) is 1.31. The normalized spacial score (nSPS) is 9.14. The number of terminal acetylenes is 1. The van der Waals surface area contributed by atoms with Gasteiger partial charge in [-0.2, -0.15) is 5.21 Å². The number of nitrogens with one attached hydrogen (secondary N) is 2. The number of hydrogen-bond acceptors (Lipinski definition) is 5. The van der Waals surface area contributed by atoms with Crippen LogP contribution in [0.2, 0.25) is 0 Å². The van der Waals surface area contributed by atoms with Gasteiger partial charge < -0.3 is 5.32 Å². The lowest BCUT2D eigenvalue weighted by molar-refractivity contribution is 0.204. The Labute approximate surface area is 79.8 Å². The maximum Gasteiger partial charge on any atom is 0.332 e. The van der Waals surface area contributed by atoms with E-state index in [-0.39, 0.29) is 13.1 Å². The van der Waals surface area contributed by atoms with Crippen molar-refractivity contribution in [1.29, 1.82) is 0 Å². The van der Waals surface area contributed by atoms with E-state index in [1.807, 2.05) is 0 Å². The second-order valence-electron chi connectivity index (χ2n) is 2.32. The van der Waals surface area contributed by atoms with Crippen LogP contribution in [-0.2, 0) is 6.54 Å². The highest BCUT2D eigenvalue weighted by Crippen LogP contribution is 1.84. The van der Waals surface area contributed by atoms with E-state index < -0.39 is 6.03 Å². The number of hydrogen-bond donors (Lipinski definition) is 3. The van der Waals surface area contributed by atoms with Crippen LogP contribution in [0, 0.1) is 12.3 Å². The summed E-state index contributed by atoms with van der Waals surface area (Å²) in [5.74, 6) is 7.88. The third-order valence-corrected chi connectivity index (χ3v) is 1.31. The molecule has 0 aliphatic carbocycles. The lowest BCUT2D eigenvalue weighted by atomic mass is 10.6. The maximum atomic E-state index is 11.1. The number of carbonyl (C=O) groups is 1. The first-order valence-electron chi connectivity index (χ1n) is 3.70. The van der Waals surface area contributed by atoms with Crippen LogP contribution in [0.1, 0.15) is 5.82 Å². The van der Waals surface area contributed by atoms with E-state index >= 15 is 0 Å². The maximum absolute atomic E-state index is 11.1. The summed E-state index contributed by atoms with van der Waals surface area (Å²) >= 11 is 0. The lowest BCUT2D eigenvalue weighted by Gasteiger charge is -2.12. The Morgan fingerprint density at radius 3 is 3.14 bits per heavy atom. The molecule has 0 aliphatic heterocycles. The number of aromatic amines is 1. The van der Waals surface area contributed by atoms with E-state index in [0.717, 1.165) is 5.01 Å². The van der Waals surface area contributed by atoms with Gasteiger partial charge in [0.2, 0.25) is 0 Å². The van der Waals surface area contributed by atoms with Gasteiger partial charge in [-0.15, -0.1) is 16.6 Å². The van der Waals surface area contributed by atoms with Crippen molar-refractivity contribution in [3.8, 4) is 12.3 Å². The van der Waals surface area contributed by atoms with Crippen molar-refractivity contribution in [2.24, 2.45) is 5.84 Å². The summed E-state index contributed by atoms with van der Waals surface area (Å²) in [7, 11) is 0. The number of urea groups is 1. The lowest BCUT2D eigenvalue weighted by Crippen LogP contribution is -2.44. The molecule has 0 bridgehead atoms. The Bertz CT molecular complexity index is 326. The van der Waals surface area contributed by atoms with Crippen molar-refractivity contribution in [3.05, 3.63) is 5.82 Å². The number of hydrazine groups is 1. The third kappa shape index (κ3) is 2.72. The number of nitrogens with zero attached hydrogens (tertiary/aromatic N) is 4. The molecule has 1 heterocycles. The van der Waals surface area contributed by atoms with E-state index in [9.17, 15) is 4.79 Å². The van der Waals surface area contributed by atoms with Gasteiger partial charge >= 0.3 is 6.03 Å². The van der Waals surface area contributed by atoms with Crippen molar-refractivity contribution in [3.63, 3.8) is 0 Å². The largest absolute Gasteiger partial charge is 0.332 e. The predicted octanol–water partition coefficient (Wildman–Crippen LogP) is -1.78. The van der Waals surface area contributed by atoms with Crippen LogP contribution in [0.3, 0.4) is 0 Å². The molecule has 0 aliphatic rings. The summed E-state index contributed by atoms with van der Waals surface area (Å²) < 4.78 is 0. The topological polar surface area (TPSA) is 113 Å². The van der Waals surface area contributed by atoms with Gasteiger partial charge in [-0.3, -0.25) is 5.01 Å². The van der Waals surface area contributed by atoms with E-state index in [1.54, 1.807) is 0 Å². The van der Waals surface area contributed by atoms with E-state index in [1.165, 1.54) is 0 Å². The van der Waals surface area contributed by atoms with E-state index in [0.29, 0.717) is 5.82 Å². The van der Waals surface area contributed by atoms with Gasteiger partial charge in [-0.25, -0.2) is 10.6 Å². The first-order valence-corrected chi connectivity index (χ1v) is 3.70. The molecule has 1 aromatic heterocycles. The summed E-state index contributed by atoms with van der Waals surface area (Å²) in [5, 5.41) is 16.2. The molecule has 0 spiro atoms. The number of rotatable bonds is 3. The summed E-state index contributed by atoms with van der Waals surface area (Å²) in [5.41, 5.74) is 0. The molecule has 0 saturated heterocycles. The molecule has 0 fully saturated rings. The minimum atomic E-state index is -0.493.